The van der Waals surface area contributed by atoms with Crippen LogP contribution in [0.3, 0.4) is 0 Å². The number of nitrogens with zero attached hydrogens (tertiary/aromatic N) is 6. The Morgan fingerprint density at radius 1 is 0.796 bits per heavy atom. The number of benzene rings is 4. The first-order valence-electron chi connectivity index (χ1n) is 17.5. The molecule has 4 aliphatic heterocycles. The van der Waals surface area contributed by atoms with Crippen molar-refractivity contribution in [3.05, 3.63) is 132 Å². The summed E-state index contributed by atoms with van der Waals surface area (Å²) in [7, 11) is 2.23. The lowest BCUT2D eigenvalue weighted by Crippen LogP contribution is -2.60. The van der Waals surface area contributed by atoms with Crippen LogP contribution < -0.4 is 14.7 Å². The Hall–Kier alpha value is -5.56. The third-order valence-electron chi connectivity index (χ3n) is 11.4. The van der Waals surface area contributed by atoms with E-state index in [4.69, 9.17) is 14.4 Å². The zero-order valence-electron chi connectivity index (χ0n) is 28.0. The molecule has 0 amide bonds. The average molecular weight is 643 g/mol. The monoisotopic (exact) mass is 642 g/mol. The standard InChI is InChI=1S/C42H38N6O/c1-4-13-30-31-20-21-32-29-17-10-12-19-34(29)49-37(32)36(31)46-25-24-45(3)40(46)35(30)42(5-2)26-27-14-9-11-18-33(27)48-39-38(43-22-23-44-39)47(41(42)48)28-15-7-6-8-16-28/h6-12,14-25,40-41H,4-5,13,26H2,1-3H3. The van der Waals surface area contributed by atoms with Gasteiger partial charge in [0.25, 0.3) is 0 Å². The second-order valence-electron chi connectivity index (χ2n) is 13.8. The summed E-state index contributed by atoms with van der Waals surface area (Å²) in [5, 5.41) is 2.32. The van der Waals surface area contributed by atoms with E-state index in [0.717, 1.165) is 64.9 Å². The first-order chi connectivity index (χ1) is 24.1. The van der Waals surface area contributed by atoms with Gasteiger partial charge in [0.15, 0.2) is 17.2 Å². The summed E-state index contributed by atoms with van der Waals surface area (Å²) >= 11 is 0. The predicted molar refractivity (Wildman–Crippen MR) is 198 cm³/mol. The Morgan fingerprint density at radius 2 is 1.55 bits per heavy atom. The number of likely N-dealkylation sites (N-methyl/N-ethyl adjacent to an activating group) is 1. The van der Waals surface area contributed by atoms with Crippen LogP contribution >= 0.6 is 0 Å². The molecule has 4 aliphatic rings. The first kappa shape index (κ1) is 28.5. The maximum absolute atomic E-state index is 6.74. The van der Waals surface area contributed by atoms with E-state index in [9.17, 15) is 0 Å². The third kappa shape index (κ3) is 3.73. The largest absolute Gasteiger partial charge is 0.454 e. The van der Waals surface area contributed by atoms with Gasteiger partial charge in [0.05, 0.1) is 5.69 Å². The van der Waals surface area contributed by atoms with Crippen molar-refractivity contribution in [2.75, 3.05) is 21.7 Å². The zero-order chi connectivity index (χ0) is 32.9. The lowest BCUT2D eigenvalue weighted by molar-refractivity contribution is 0.221. The summed E-state index contributed by atoms with van der Waals surface area (Å²) in [5.74, 6) is 1.81. The Labute approximate surface area is 286 Å². The van der Waals surface area contributed by atoms with Gasteiger partial charge in [0.1, 0.15) is 17.9 Å². The molecule has 0 spiro atoms. The maximum atomic E-state index is 6.74. The van der Waals surface area contributed by atoms with Crippen molar-refractivity contribution in [2.45, 2.75) is 51.9 Å². The van der Waals surface area contributed by atoms with Crippen LogP contribution in [0, 0.1) is 5.41 Å². The molecule has 7 nitrogen and oxygen atoms in total. The van der Waals surface area contributed by atoms with Crippen molar-refractivity contribution in [3.63, 3.8) is 0 Å². The third-order valence-corrected chi connectivity index (χ3v) is 11.4. The SMILES string of the molecule is CCCC1=C(C2(CC)Cc3ccccc3N3c4nccnc4N(c4ccccc4)C32)C2N(C)C=CN2c2c1ccc1c2oc2ccccc21. The molecule has 0 bridgehead atoms. The molecule has 2 aromatic heterocycles. The molecule has 3 unspecified atom stereocenters. The predicted octanol–water partition coefficient (Wildman–Crippen LogP) is 9.76. The van der Waals surface area contributed by atoms with Crippen LogP contribution in [0.2, 0.25) is 0 Å². The summed E-state index contributed by atoms with van der Waals surface area (Å²) in [6.07, 6.45) is 11.9. The fraction of sp³-hybridized carbons (Fsp3) is 0.238. The highest BCUT2D eigenvalue weighted by atomic mass is 16.3. The smallest absolute Gasteiger partial charge is 0.178 e. The van der Waals surface area contributed by atoms with E-state index in [2.05, 4.69) is 144 Å². The summed E-state index contributed by atoms with van der Waals surface area (Å²) in [4.78, 5) is 20.0. The van der Waals surface area contributed by atoms with Crippen molar-refractivity contribution < 1.29 is 4.42 Å². The molecule has 6 aromatic rings. The fourth-order valence-electron chi connectivity index (χ4n) is 9.39. The number of fused-ring (bicyclic) bond motifs is 12. The molecular weight excluding hydrogens is 605 g/mol. The molecule has 49 heavy (non-hydrogen) atoms. The van der Waals surface area contributed by atoms with Crippen LogP contribution in [-0.4, -0.2) is 34.2 Å². The van der Waals surface area contributed by atoms with E-state index in [0.29, 0.717) is 0 Å². The molecule has 4 aromatic carbocycles. The normalized spacial score (nSPS) is 22.1. The molecule has 6 heterocycles. The van der Waals surface area contributed by atoms with Crippen LogP contribution in [0.25, 0.3) is 27.5 Å². The number of para-hydroxylation sites is 3. The number of hydrogen-bond donors (Lipinski definition) is 0. The second-order valence-corrected chi connectivity index (χ2v) is 13.8. The van der Waals surface area contributed by atoms with Gasteiger partial charge < -0.3 is 24.0 Å². The van der Waals surface area contributed by atoms with E-state index >= 15 is 0 Å². The Bertz CT molecular complexity index is 2340. The van der Waals surface area contributed by atoms with Gasteiger partial charge in [0.2, 0.25) is 0 Å². The van der Waals surface area contributed by atoms with E-state index in [1.54, 1.807) is 0 Å². The number of hydrogen-bond acceptors (Lipinski definition) is 7. The van der Waals surface area contributed by atoms with Gasteiger partial charge in [-0.2, -0.15) is 0 Å². The van der Waals surface area contributed by atoms with Gasteiger partial charge in [-0.3, -0.25) is 0 Å². The first-order valence-corrected chi connectivity index (χ1v) is 17.5. The highest BCUT2D eigenvalue weighted by Gasteiger charge is 2.60. The molecule has 0 saturated heterocycles. The zero-order valence-corrected chi connectivity index (χ0v) is 28.0. The van der Waals surface area contributed by atoms with Gasteiger partial charge in [-0.05, 0) is 66.3 Å². The molecule has 10 rings (SSSR count). The Kier molecular flexibility index (Phi) is 6.08. The van der Waals surface area contributed by atoms with Crippen molar-refractivity contribution in [1.29, 1.82) is 0 Å². The van der Waals surface area contributed by atoms with E-state index in [1.807, 2.05) is 12.4 Å². The van der Waals surface area contributed by atoms with Gasteiger partial charge in [0, 0.05) is 65.0 Å². The van der Waals surface area contributed by atoms with Gasteiger partial charge in [-0.15, -0.1) is 0 Å². The summed E-state index contributed by atoms with van der Waals surface area (Å²) in [6.45, 7) is 4.70. The van der Waals surface area contributed by atoms with Crippen molar-refractivity contribution in [2.24, 2.45) is 5.41 Å². The second kappa shape index (κ2) is 10.5. The average Bonchev–Trinajstić information content (AvgIpc) is 3.83. The van der Waals surface area contributed by atoms with E-state index in [1.165, 1.54) is 33.6 Å². The number of allylic oxidation sites excluding steroid dienone is 1. The molecular formula is C42H38N6O. The van der Waals surface area contributed by atoms with Crippen molar-refractivity contribution >= 4 is 56.2 Å². The van der Waals surface area contributed by atoms with Crippen LogP contribution in [0.4, 0.5) is 28.7 Å². The van der Waals surface area contributed by atoms with Crippen molar-refractivity contribution in [1.82, 2.24) is 14.9 Å². The minimum Gasteiger partial charge on any atom is -0.454 e. The van der Waals surface area contributed by atoms with E-state index < -0.39 is 0 Å². The lowest BCUT2D eigenvalue weighted by Gasteiger charge is -2.55. The fourth-order valence-corrected chi connectivity index (χ4v) is 9.39. The maximum Gasteiger partial charge on any atom is 0.178 e. The Morgan fingerprint density at radius 3 is 2.37 bits per heavy atom. The molecule has 0 fully saturated rings. The molecule has 3 atom stereocenters. The van der Waals surface area contributed by atoms with Gasteiger partial charge in [-0.1, -0.05) is 80.9 Å². The minimum absolute atomic E-state index is 0.0119. The van der Waals surface area contributed by atoms with Gasteiger partial charge in [-0.25, -0.2) is 9.97 Å². The molecule has 242 valence electrons. The van der Waals surface area contributed by atoms with Crippen LogP contribution in [0.1, 0.15) is 44.2 Å². The highest BCUT2D eigenvalue weighted by molar-refractivity contribution is 6.12. The topological polar surface area (TPSA) is 51.9 Å². The highest BCUT2D eigenvalue weighted by Crippen LogP contribution is 2.62. The molecule has 0 saturated carbocycles. The summed E-state index contributed by atoms with van der Waals surface area (Å²) in [6, 6.07) is 32.8. The van der Waals surface area contributed by atoms with Crippen LogP contribution in [0.15, 0.2) is 126 Å². The molecule has 0 radical (unpaired) electrons. The quantitative estimate of drug-likeness (QED) is 0.186. The Balaban J connectivity index is 1.31. The molecule has 7 heteroatoms. The summed E-state index contributed by atoms with van der Waals surface area (Å²) in [5.41, 5.74) is 10.6. The van der Waals surface area contributed by atoms with Crippen LogP contribution in [0.5, 0.6) is 0 Å². The number of rotatable bonds is 5. The molecule has 0 aliphatic carbocycles. The van der Waals surface area contributed by atoms with Gasteiger partial charge >= 0.3 is 0 Å². The van der Waals surface area contributed by atoms with Crippen molar-refractivity contribution in [3.8, 4) is 0 Å². The summed E-state index contributed by atoms with van der Waals surface area (Å²) < 4.78 is 6.74. The van der Waals surface area contributed by atoms with E-state index in [-0.39, 0.29) is 17.7 Å². The number of aromatic nitrogens is 2. The van der Waals surface area contributed by atoms with Crippen LogP contribution in [-0.2, 0) is 6.42 Å². The number of furan rings is 1. The minimum atomic E-state index is -0.319. The number of anilines is 5. The lowest BCUT2D eigenvalue weighted by atomic mass is 9.63. The molecule has 0 N–H and O–H groups in total.